The maximum Gasteiger partial charge on any atom is 0.206 e. The van der Waals surface area contributed by atoms with Gasteiger partial charge in [-0.1, -0.05) is 91.0 Å². The molecule has 4 aliphatic rings. The SMILES string of the molecule is O=S(=O)(c1ccccc1)c1ccc(C2(c3ccc(S(=O)(=O)c4ccccc4)cc3)C=CC3=C4C2=CC2=C4C(=C3)CC=C2)cc1. The third-order valence-corrected chi connectivity index (χ3v) is 12.5. The molecule has 214 valence electrons. The Kier molecular flexibility index (Phi) is 5.86. The third-order valence-electron chi connectivity index (χ3n) is 8.97. The Morgan fingerprint density at radius 2 is 0.977 bits per heavy atom. The second kappa shape index (κ2) is 9.61. The lowest BCUT2D eigenvalue weighted by molar-refractivity contribution is 0.594. The van der Waals surface area contributed by atoms with Gasteiger partial charge in [0.2, 0.25) is 19.7 Å². The van der Waals surface area contributed by atoms with Gasteiger partial charge in [0.1, 0.15) is 0 Å². The summed E-state index contributed by atoms with van der Waals surface area (Å²) in [5, 5.41) is 0. The normalized spacial score (nSPS) is 17.9. The van der Waals surface area contributed by atoms with Crippen molar-refractivity contribution in [3.8, 4) is 0 Å². The van der Waals surface area contributed by atoms with Gasteiger partial charge in [-0.05, 0) is 106 Å². The molecule has 0 saturated heterocycles. The van der Waals surface area contributed by atoms with E-state index in [0.717, 1.165) is 23.1 Å². The van der Waals surface area contributed by atoms with Crippen molar-refractivity contribution in [3.05, 3.63) is 190 Å². The first-order chi connectivity index (χ1) is 21.3. The first kappa shape index (κ1) is 26.8. The summed E-state index contributed by atoms with van der Waals surface area (Å²) in [6, 6.07) is 31.1. The first-order valence-corrected chi connectivity index (χ1v) is 17.4. The van der Waals surface area contributed by atoms with Crippen molar-refractivity contribution in [1.29, 1.82) is 0 Å². The van der Waals surface area contributed by atoms with Gasteiger partial charge < -0.3 is 0 Å². The molecule has 0 unspecified atom stereocenters. The molecule has 0 N–H and O–H groups in total. The minimum atomic E-state index is -3.69. The zero-order valence-corrected chi connectivity index (χ0v) is 25.1. The van der Waals surface area contributed by atoms with Crippen LogP contribution in [-0.4, -0.2) is 16.8 Å². The average Bonchev–Trinajstić information content (AvgIpc) is 3.66. The van der Waals surface area contributed by atoms with Crippen molar-refractivity contribution in [2.24, 2.45) is 0 Å². The van der Waals surface area contributed by atoms with Crippen LogP contribution in [0.25, 0.3) is 0 Å². The van der Waals surface area contributed by atoms with Gasteiger partial charge in [0.05, 0.1) is 25.0 Å². The van der Waals surface area contributed by atoms with E-state index >= 15 is 0 Å². The Balaban J connectivity index is 1.28. The van der Waals surface area contributed by atoms with Crippen LogP contribution in [0.3, 0.4) is 0 Å². The van der Waals surface area contributed by atoms with E-state index in [2.05, 4.69) is 36.5 Å². The van der Waals surface area contributed by atoms with Crippen LogP contribution in [0.5, 0.6) is 0 Å². The summed E-state index contributed by atoms with van der Waals surface area (Å²) >= 11 is 0. The molecule has 0 aliphatic heterocycles. The van der Waals surface area contributed by atoms with E-state index < -0.39 is 25.1 Å². The van der Waals surface area contributed by atoms with Gasteiger partial charge in [-0.2, -0.15) is 0 Å². The Labute approximate surface area is 257 Å². The monoisotopic (exact) mass is 610 g/mol. The highest BCUT2D eigenvalue weighted by Gasteiger charge is 2.46. The molecule has 0 amide bonds. The molecule has 0 aromatic heterocycles. The highest BCUT2D eigenvalue weighted by molar-refractivity contribution is 7.91. The average molecular weight is 611 g/mol. The van der Waals surface area contributed by atoms with Crippen molar-refractivity contribution >= 4 is 19.7 Å². The van der Waals surface area contributed by atoms with Crippen molar-refractivity contribution in [1.82, 2.24) is 0 Å². The molecule has 4 aromatic carbocycles. The van der Waals surface area contributed by atoms with Crippen molar-refractivity contribution in [2.45, 2.75) is 31.4 Å². The smallest absolute Gasteiger partial charge is 0.206 e. The van der Waals surface area contributed by atoms with E-state index in [-0.39, 0.29) is 19.6 Å². The van der Waals surface area contributed by atoms with Gasteiger partial charge in [0.15, 0.2) is 0 Å². The topological polar surface area (TPSA) is 68.3 Å². The van der Waals surface area contributed by atoms with Gasteiger partial charge in [-0.25, -0.2) is 16.8 Å². The fourth-order valence-corrected chi connectivity index (χ4v) is 9.41. The Morgan fingerprint density at radius 3 is 1.50 bits per heavy atom. The van der Waals surface area contributed by atoms with E-state index in [0.29, 0.717) is 0 Å². The van der Waals surface area contributed by atoms with Gasteiger partial charge >= 0.3 is 0 Å². The molecule has 0 bridgehead atoms. The summed E-state index contributed by atoms with van der Waals surface area (Å²) in [5.74, 6) is 0. The van der Waals surface area contributed by atoms with Crippen LogP contribution in [0.2, 0.25) is 0 Å². The number of sulfone groups is 2. The molecule has 4 nitrogen and oxygen atoms in total. The van der Waals surface area contributed by atoms with Gasteiger partial charge in [-0.3, -0.25) is 0 Å². The minimum absolute atomic E-state index is 0.220. The number of allylic oxidation sites excluding steroid dienone is 12. The zero-order chi connectivity index (χ0) is 30.1. The Bertz CT molecular complexity index is 2150. The standard InChI is InChI=1S/C38H26O4S2/c39-43(40,31-10-3-1-4-11-31)33-18-14-29(15-19-33)38(23-22-28-24-26-8-7-9-27-25-35(38)37(28)36(26)27)30-16-20-34(21-17-30)44(41,42)32-12-5-2-6-13-32/h1-7,9-25H,8H2. The minimum Gasteiger partial charge on any atom is -0.219 e. The lowest BCUT2D eigenvalue weighted by atomic mass is 9.64. The lowest BCUT2D eigenvalue weighted by Gasteiger charge is -2.37. The predicted molar refractivity (Wildman–Crippen MR) is 171 cm³/mol. The summed E-state index contributed by atoms with van der Waals surface area (Å²) < 4.78 is 53.6. The fourth-order valence-electron chi connectivity index (χ4n) is 6.84. The second-order valence-corrected chi connectivity index (χ2v) is 15.2. The molecule has 0 heterocycles. The molecule has 0 saturated carbocycles. The molecule has 4 aliphatic carbocycles. The van der Waals surface area contributed by atoms with Crippen molar-refractivity contribution in [2.75, 3.05) is 0 Å². The summed E-state index contributed by atoms with van der Waals surface area (Å²) in [6.07, 6.45) is 14.0. The van der Waals surface area contributed by atoms with Crippen LogP contribution < -0.4 is 0 Å². The summed E-state index contributed by atoms with van der Waals surface area (Å²) in [5.41, 5.74) is 8.23. The number of hydrogen-bond acceptors (Lipinski definition) is 4. The fraction of sp³-hybridized carbons (Fsp3) is 0.0526. The molecule has 4 aromatic rings. The molecule has 6 heteroatoms. The predicted octanol–water partition coefficient (Wildman–Crippen LogP) is 7.64. The molecule has 0 radical (unpaired) electrons. The van der Waals surface area contributed by atoms with Gasteiger partial charge in [-0.15, -0.1) is 0 Å². The molecular weight excluding hydrogens is 585 g/mol. The number of rotatable bonds is 6. The molecule has 8 rings (SSSR count). The van der Waals surface area contributed by atoms with E-state index in [9.17, 15) is 16.8 Å². The van der Waals surface area contributed by atoms with Gasteiger partial charge in [0, 0.05) is 0 Å². The molecule has 44 heavy (non-hydrogen) atoms. The zero-order valence-electron chi connectivity index (χ0n) is 23.5. The highest BCUT2D eigenvalue weighted by Crippen LogP contribution is 2.57. The molecule has 0 spiro atoms. The highest BCUT2D eigenvalue weighted by atomic mass is 32.2. The quantitative estimate of drug-likeness (QED) is 0.225. The lowest BCUT2D eigenvalue weighted by Crippen LogP contribution is -2.30. The van der Waals surface area contributed by atoms with E-state index in [1.54, 1.807) is 84.9 Å². The summed E-state index contributed by atoms with van der Waals surface area (Å²) in [7, 11) is -7.38. The van der Waals surface area contributed by atoms with Crippen LogP contribution >= 0.6 is 0 Å². The van der Waals surface area contributed by atoms with Crippen molar-refractivity contribution in [3.63, 3.8) is 0 Å². The van der Waals surface area contributed by atoms with Crippen LogP contribution in [0.15, 0.2) is 199 Å². The van der Waals surface area contributed by atoms with Crippen LogP contribution in [0.1, 0.15) is 17.5 Å². The maximum atomic E-state index is 13.4. The van der Waals surface area contributed by atoms with Crippen molar-refractivity contribution < 1.29 is 16.8 Å². The first-order valence-electron chi connectivity index (χ1n) is 14.4. The Hall–Kier alpha value is -4.78. The van der Waals surface area contributed by atoms with E-state index in [4.69, 9.17) is 0 Å². The largest absolute Gasteiger partial charge is 0.219 e. The van der Waals surface area contributed by atoms with Gasteiger partial charge in [0.25, 0.3) is 0 Å². The molecule has 0 atom stereocenters. The van der Waals surface area contributed by atoms with Crippen LogP contribution in [0, 0.1) is 0 Å². The van der Waals surface area contributed by atoms with Crippen LogP contribution in [0.4, 0.5) is 0 Å². The Morgan fingerprint density at radius 1 is 0.500 bits per heavy atom. The molecular formula is C38H26O4S2. The summed E-state index contributed by atoms with van der Waals surface area (Å²) in [4.78, 5) is 0.933. The number of hydrogen-bond donors (Lipinski definition) is 0. The maximum absolute atomic E-state index is 13.4. The van der Waals surface area contributed by atoms with E-state index in [1.807, 2.05) is 24.3 Å². The summed E-state index contributed by atoms with van der Waals surface area (Å²) in [6.45, 7) is 0. The number of benzene rings is 4. The van der Waals surface area contributed by atoms with E-state index in [1.165, 1.54) is 27.9 Å². The third kappa shape index (κ3) is 3.81. The van der Waals surface area contributed by atoms with Crippen LogP contribution in [-0.2, 0) is 25.1 Å². The molecule has 0 fully saturated rings. The second-order valence-electron chi connectivity index (χ2n) is 11.3.